The van der Waals surface area contributed by atoms with Crippen molar-refractivity contribution < 1.29 is 23.8 Å². The van der Waals surface area contributed by atoms with Gasteiger partial charge in [-0.15, -0.1) is 0 Å². The van der Waals surface area contributed by atoms with Gasteiger partial charge in [-0.2, -0.15) is 0 Å². The van der Waals surface area contributed by atoms with E-state index in [1.165, 1.54) is 7.11 Å². The van der Waals surface area contributed by atoms with Crippen LogP contribution in [0.1, 0.15) is 47.0 Å². The lowest BCUT2D eigenvalue weighted by Crippen LogP contribution is -2.40. The van der Waals surface area contributed by atoms with E-state index >= 15 is 0 Å². The SMILES string of the molecule is CCOC(=O)C(CCC(=O)OC)C1=NC(C)(C)CC(C)O1. The van der Waals surface area contributed by atoms with E-state index in [1.54, 1.807) is 6.92 Å². The first kappa shape index (κ1) is 17.5. The highest BCUT2D eigenvalue weighted by Gasteiger charge is 2.36. The van der Waals surface area contributed by atoms with Crippen LogP contribution < -0.4 is 0 Å². The van der Waals surface area contributed by atoms with E-state index in [0.717, 1.165) is 6.42 Å². The van der Waals surface area contributed by atoms with Crippen LogP contribution >= 0.6 is 0 Å². The van der Waals surface area contributed by atoms with Crippen LogP contribution in [0.4, 0.5) is 0 Å². The summed E-state index contributed by atoms with van der Waals surface area (Å²) in [5.41, 5.74) is -0.289. The Hall–Kier alpha value is -1.59. The Morgan fingerprint density at radius 1 is 1.48 bits per heavy atom. The average Bonchev–Trinajstić information content (AvgIpc) is 2.36. The predicted octanol–water partition coefficient (Wildman–Crippen LogP) is 2.10. The van der Waals surface area contributed by atoms with Gasteiger partial charge < -0.3 is 14.2 Å². The molecule has 0 saturated heterocycles. The van der Waals surface area contributed by atoms with Gasteiger partial charge in [-0.05, 0) is 34.1 Å². The lowest BCUT2D eigenvalue weighted by atomic mass is 9.94. The van der Waals surface area contributed by atoms with E-state index in [0.29, 0.717) is 5.90 Å². The molecule has 0 aromatic rings. The molecule has 0 spiro atoms. The lowest BCUT2D eigenvalue weighted by Gasteiger charge is -2.33. The van der Waals surface area contributed by atoms with Gasteiger partial charge in [-0.25, -0.2) is 4.99 Å². The van der Waals surface area contributed by atoms with Crippen molar-refractivity contribution in [2.24, 2.45) is 10.9 Å². The highest BCUT2D eigenvalue weighted by atomic mass is 16.5. The topological polar surface area (TPSA) is 74.2 Å². The maximum atomic E-state index is 12.1. The first-order valence-electron chi connectivity index (χ1n) is 7.29. The normalized spacial score (nSPS) is 21.8. The number of carbonyl (C=O) groups excluding carboxylic acids is 2. The van der Waals surface area contributed by atoms with E-state index in [4.69, 9.17) is 9.47 Å². The molecule has 2 unspecified atom stereocenters. The van der Waals surface area contributed by atoms with Gasteiger partial charge in [0.25, 0.3) is 0 Å². The minimum Gasteiger partial charge on any atom is -0.477 e. The zero-order valence-electron chi connectivity index (χ0n) is 13.5. The summed E-state index contributed by atoms with van der Waals surface area (Å²) in [5, 5.41) is 0. The first-order valence-corrected chi connectivity index (χ1v) is 7.29. The summed E-state index contributed by atoms with van der Waals surface area (Å²) in [6.07, 6.45) is 1.15. The molecule has 1 aliphatic rings. The zero-order chi connectivity index (χ0) is 16.0. The molecule has 1 rings (SSSR count). The minimum atomic E-state index is -0.661. The Labute approximate surface area is 125 Å². The van der Waals surface area contributed by atoms with Crippen LogP contribution in [0.2, 0.25) is 0 Å². The molecule has 21 heavy (non-hydrogen) atoms. The fraction of sp³-hybridized carbons (Fsp3) is 0.800. The molecule has 0 N–H and O–H groups in total. The number of ether oxygens (including phenoxy) is 3. The molecule has 0 aliphatic carbocycles. The molecule has 0 aromatic carbocycles. The molecule has 0 fully saturated rings. The molecule has 0 saturated carbocycles. The smallest absolute Gasteiger partial charge is 0.318 e. The van der Waals surface area contributed by atoms with Crippen LogP contribution in [0.25, 0.3) is 0 Å². The monoisotopic (exact) mass is 299 g/mol. The number of nitrogens with zero attached hydrogens (tertiary/aromatic N) is 1. The number of rotatable bonds is 6. The molecule has 0 bridgehead atoms. The van der Waals surface area contributed by atoms with Crippen molar-refractivity contribution in [2.75, 3.05) is 13.7 Å². The number of methoxy groups -OCH3 is 1. The van der Waals surface area contributed by atoms with E-state index in [2.05, 4.69) is 9.73 Å². The maximum absolute atomic E-state index is 12.1. The molecule has 6 nitrogen and oxygen atoms in total. The number of esters is 2. The van der Waals surface area contributed by atoms with Gasteiger partial charge in [-0.3, -0.25) is 9.59 Å². The first-order chi connectivity index (χ1) is 9.79. The second-order valence-corrected chi connectivity index (χ2v) is 5.81. The molecule has 0 aromatic heterocycles. The molecule has 1 aliphatic heterocycles. The molecular weight excluding hydrogens is 274 g/mol. The molecule has 1 heterocycles. The van der Waals surface area contributed by atoms with Gasteiger partial charge >= 0.3 is 11.9 Å². The zero-order valence-corrected chi connectivity index (χ0v) is 13.5. The molecule has 120 valence electrons. The Balaban J connectivity index is 2.91. The summed E-state index contributed by atoms with van der Waals surface area (Å²) in [7, 11) is 1.32. The molecule has 6 heteroatoms. The van der Waals surface area contributed by atoms with Crippen molar-refractivity contribution >= 4 is 17.8 Å². The third-order valence-corrected chi connectivity index (χ3v) is 3.26. The van der Waals surface area contributed by atoms with Gasteiger partial charge in [0.2, 0.25) is 0 Å². The number of carbonyl (C=O) groups is 2. The predicted molar refractivity (Wildman–Crippen MR) is 78.1 cm³/mol. The Morgan fingerprint density at radius 3 is 2.67 bits per heavy atom. The van der Waals surface area contributed by atoms with E-state index in [9.17, 15) is 9.59 Å². The van der Waals surface area contributed by atoms with Gasteiger partial charge in [-0.1, -0.05) is 0 Å². The third-order valence-electron chi connectivity index (χ3n) is 3.26. The van der Waals surface area contributed by atoms with Crippen molar-refractivity contribution in [3.05, 3.63) is 0 Å². The lowest BCUT2D eigenvalue weighted by molar-refractivity contribution is -0.147. The largest absolute Gasteiger partial charge is 0.477 e. The van der Waals surface area contributed by atoms with Crippen LogP contribution in [0.3, 0.4) is 0 Å². The van der Waals surface area contributed by atoms with Gasteiger partial charge in [0.1, 0.15) is 5.92 Å². The van der Waals surface area contributed by atoms with Crippen LogP contribution in [-0.4, -0.2) is 43.2 Å². The summed E-state index contributed by atoms with van der Waals surface area (Å²) in [4.78, 5) is 28.0. The Bertz CT molecular complexity index is 416. The summed E-state index contributed by atoms with van der Waals surface area (Å²) in [6, 6.07) is 0. The van der Waals surface area contributed by atoms with Crippen molar-refractivity contribution in [3.63, 3.8) is 0 Å². The summed E-state index contributed by atoms with van der Waals surface area (Å²) >= 11 is 0. The number of aliphatic imine (C=N–C) groups is 1. The maximum Gasteiger partial charge on any atom is 0.318 e. The van der Waals surface area contributed by atoms with Gasteiger partial charge in [0.15, 0.2) is 5.90 Å². The van der Waals surface area contributed by atoms with Gasteiger partial charge in [0.05, 0.1) is 25.4 Å². The number of hydrogen-bond acceptors (Lipinski definition) is 6. The second kappa shape index (κ2) is 7.43. The van der Waals surface area contributed by atoms with E-state index < -0.39 is 11.9 Å². The summed E-state index contributed by atoms with van der Waals surface area (Å²) in [5.74, 6) is -1.08. The molecule has 0 amide bonds. The Morgan fingerprint density at radius 2 is 2.14 bits per heavy atom. The number of hydrogen-bond donors (Lipinski definition) is 0. The van der Waals surface area contributed by atoms with Crippen molar-refractivity contribution in [1.29, 1.82) is 0 Å². The molecule has 0 radical (unpaired) electrons. The van der Waals surface area contributed by atoms with E-state index in [-0.39, 0.29) is 37.1 Å². The molecule has 2 atom stereocenters. The summed E-state index contributed by atoms with van der Waals surface area (Å²) < 4.78 is 15.4. The van der Waals surface area contributed by atoms with Crippen molar-refractivity contribution in [3.8, 4) is 0 Å². The third kappa shape index (κ3) is 5.36. The van der Waals surface area contributed by atoms with Gasteiger partial charge in [0, 0.05) is 12.8 Å². The van der Waals surface area contributed by atoms with E-state index in [1.807, 2.05) is 20.8 Å². The average molecular weight is 299 g/mol. The standard InChI is InChI=1S/C15H25NO5/c1-6-20-14(18)11(7-8-12(17)19-5)13-16-15(3,4)9-10(2)21-13/h10-11H,6-9H2,1-5H3. The summed E-state index contributed by atoms with van der Waals surface area (Å²) in [6.45, 7) is 7.95. The fourth-order valence-corrected chi connectivity index (χ4v) is 2.43. The van der Waals surface area contributed by atoms with Crippen LogP contribution in [0.5, 0.6) is 0 Å². The van der Waals surface area contributed by atoms with Crippen LogP contribution in [0, 0.1) is 5.92 Å². The van der Waals surface area contributed by atoms with Crippen LogP contribution in [0.15, 0.2) is 4.99 Å². The van der Waals surface area contributed by atoms with Crippen molar-refractivity contribution in [2.45, 2.75) is 58.6 Å². The quantitative estimate of drug-likeness (QED) is 0.702. The van der Waals surface area contributed by atoms with Crippen LogP contribution in [-0.2, 0) is 23.8 Å². The Kier molecular flexibility index (Phi) is 6.18. The van der Waals surface area contributed by atoms with Crippen molar-refractivity contribution in [1.82, 2.24) is 0 Å². The second-order valence-electron chi connectivity index (χ2n) is 5.81. The minimum absolute atomic E-state index is 0.0254. The highest BCUT2D eigenvalue weighted by Crippen LogP contribution is 2.28. The fourth-order valence-electron chi connectivity index (χ4n) is 2.43. The molecular formula is C15H25NO5. The highest BCUT2D eigenvalue weighted by molar-refractivity contribution is 5.98.